The largest absolute Gasteiger partial charge is 0.396 e. The lowest BCUT2D eigenvalue weighted by atomic mass is 9.89. The van der Waals surface area contributed by atoms with Gasteiger partial charge in [0.25, 0.3) is 5.91 Å². The average molecular weight is 302 g/mol. The van der Waals surface area contributed by atoms with Crippen LogP contribution < -0.4 is 5.32 Å². The number of aromatic nitrogens is 1. The number of rotatable bonds is 6. The fraction of sp³-hybridized carbons (Fsp3) is 0.500. The number of halogens is 1. The number of aliphatic hydroxyl groups is 1. The molecule has 7 nitrogen and oxygen atoms in total. The Morgan fingerprint density at radius 1 is 1.60 bits per heavy atom. The molecule has 1 heterocycles. The Kier molecular flexibility index (Phi) is 5.41. The summed E-state index contributed by atoms with van der Waals surface area (Å²) in [7, 11) is 0. The van der Waals surface area contributed by atoms with E-state index in [0.717, 1.165) is 0 Å². The van der Waals surface area contributed by atoms with Gasteiger partial charge in [-0.15, -0.1) is 0 Å². The highest BCUT2D eigenvalue weighted by atomic mass is 35.5. The van der Waals surface area contributed by atoms with E-state index in [1.54, 1.807) is 0 Å². The number of amides is 1. The maximum absolute atomic E-state index is 12.0. The van der Waals surface area contributed by atoms with Crippen molar-refractivity contribution >= 4 is 23.2 Å². The SMILES string of the molecule is CC(C)(CCO)CNC(=O)c1ccnc(Cl)c1[N+](=O)[O-]. The van der Waals surface area contributed by atoms with Crippen molar-refractivity contribution in [1.29, 1.82) is 0 Å². The van der Waals surface area contributed by atoms with Gasteiger partial charge in [0, 0.05) is 19.3 Å². The van der Waals surface area contributed by atoms with Crippen molar-refractivity contribution in [2.45, 2.75) is 20.3 Å². The van der Waals surface area contributed by atoms with Gasteiger partial charge in [-0.25, -0.2) is 4.98 Å². The number of carbonyl (C=O) groups is 1. The van der Waals surface area contributed by atoms with Crippen molar-refractivity contribution in [2.24, 2.45) is 5.41 Å². The Labute approximate surface area is 121 Å². The van der Waals surface area contributed by atoms with Crippen LogP contribution in [0.25, 0.3) is 0 Å². The summed E-state index contributed by atoms with van der Waals surface area (Å²) < 4.78 is 0. The summed E-state index contributed by atoms with van der Waals surface area (Å²) in [5, 5.41) is 22.1. The Morgan fingerprint density at radius 3 is 2.80 bits per heavy atom. The molecule has 110 valence electrons. The first-order valence-electron chi connectivity index (χ1n) is 5.96. The Morgan fingerprint density at radius 2 is 2.25 bits per heavy atom. The topological polar surface area (TPSA) is 105 Å². The summed E-state index contributed by atoms with van der Waals surface area (Å²) in [5.41, 5.74) is -0.947. The first kappa shape index (κ1) is 16.3. The number of hydrogen-bond donors (Lipinski definition) is 2. The zero-order valence-corrected chi connectivity index (χ0v) is 12.0. The third-order valence-electron chi connectivity index (χ3n) is 2.82. The maximum atomic E-state index is 12.0. The average Bonchev–Trinajstić information content (AvgIpc) is 2.35. The fourth-order valence-corrected chi connectivity index (χ4v) is 1.82. The molecular weight excluding hydrogens is 286 g/mol. The number of aliphatic hydroxyl groups excluding tert-OH is 1. The highest BCUT2D eigenvalue weighted by Gasteiger charge is 2.26. The van der Waals surface area contributed by atoms with Crippen LogP contribution in [0.5, 0.6) is 0 Å². The zero-order chi connectivity index (χ0) is 15.3. The maximum Gasteiger partial charge on any atom is 0.319 e. The number of carbonyl (C=O) groups excluding carboxylic acids is 1. The molecule has 1 rings (SSSR count). The van der Waals surface area contributed by atoms with Crippen LogP contribution in [0.4, 0.5) is 5.69 Å². The van der Waals surface area contributed by atoms with Crippen LogP contribution in [0, 0.1) is 15.5 Å². The molecule has 20 heavy (non-hydrogen) atoms. The van der Waals surface area contributed by atoms with E-state index in [1.165, 1.54) is 12.3 Å². The lowest BCUT2D eigenvalue weighted by Gasteiger charge is -2.23. The van der Waals surface area contributed by atoms with Gasteiger partial charge in [-0.05, 0) is 17.9 Å². The van der Waals surface area contributed by atoms with E-state index >= 15 is 0 Å². The summed E-state index contributed by atoms with van der Waals surface area (Å²) >= 11 is 5.64. The van der Waals surface area contributed by atoms with E-state index in [2.05, 4.69) is 10.3 Å². The van der Waals surface area contributed by atoms with E-state index in [4.69, 9.17) is 16.7 Å². The molecule has 1 amide bonds. The number of nitrogens with zero attached hydrogens (tertiary/aromatic N) is 2. The highest BCUT2D eigenvalue weighted by molar-refractivity contribution is 6.32. The zero-order valence-electron chi connectivity index (χ0n) is 11.2. The second kappa shape index (κ2) is 6.62. The molecule has 2 N–H and O–H groups in total. The van der Waals surface area contributed by atoms with Crippen molar-refractivity contribution in [2.75, 3.05) is 13.2 Å². The molecule has 1 aromatic heterocycles. The van der Waals surface area contributed by atoms with Crippen LogP contribution in [0.3, 0.4) is 0 Å². The molecule has 0 spiro atoms. The van der Waals surface area contributed by atoms with Gasteiger partial charge in [-0.1, -0.05) is 25.4 Å². The lowest BCUT2D eigenvalue weighted by molar-refractivity contribution is -0.385. The van der Waals surface area contributed by atoms with Crippen molar-refractivity contribution in [3.8, 4) is 0 Å². The van der Waals surface area contributed by atoms with E-state index < -0.39 is 16.5 Å². The minimum atomic E-state index is -0.733. The van der Waals surface area contributed by atoms with Gasteiger partial charge in [0.1, 0.15) is 5.56 Å². The molecule has 0 aliphatic heterocycles. The Bertz CT molecular complexity index is 519. The molecule has 8 heteroatoms. The molecule has 0 unspecified atom stereocenters. The van der Waals surface area contributed by atoms with Crippen molar-refractivity contribution < 1.29 is 14.8 Å². The van der Waals surface area contributed by atoms with Gasteiger partial charge in [-0.2, -0.15) is 0 Å². The third kappa shape index (κ3) is 4.14. The van der Waals surface area contributed by atoms with E-state index in [-0.39, 0.29) is 29.3 Å². The predicted molar refractivity (Wildman–Crippen MR) is 73.7 cm³/mol. The first-order valence-corrected chi connectivity index (χ1v) is 6.34. The van der Waals surface area contributed by atoms with Crippen LogP contribution in [-0.2, 0) is 0 Å². The van der Waals surface area contributed by atoms with Crippen LogP contribution in [-0.4, -0.2) is 34.1 Å². The molecule has 1 aromatic rings. The Balaban J connectivity index is 2.89. The first-order chi connectivity index (χ1) is 9.28. The van der Waals surface area contributed by atoms with E-state index in [1.807, 2.05) is 13.8 Å². The van der Waals surface area contributed by atoms with Gasteiger partial charge in [-0.3, -0.25) is 14.9 Å². The molecule has 0 aliphatic carbocycles. The standard InChI is InChI=1S/C12H16ClN3O4/c1-12(2,4-6-17)7-15-11(18)8-3-5-14-10(13)9(8)16(19)20/h3,5,17H,4,6-7H2,1-2H3,(H,15,18). The van der Waals surface area contributed by atoms with Crippen molar-refractivity contribution in [3.05, 3.63) is 33.1 Å². The van der Waals surface area contributed by atoms with Crippen molar-refractivity contribution in [3.63, 3.8) is 0 Å². The number of nitrogens with one attached hydrogen (secondary N) is 1. The molecule has 0 atom stereocenters. The molecule has 0 saturated carbocycles. The summed E-state index contributed by atoms with van der Waals surface area (Å²) in [6, 6.07) is 1.25. The molecule has 0 aliphatic rings. The van der Waals surface area contributed by atoms with E-state index in [0.29, 0.717) is 6.42 Å². The molecular formula is C12H16ClN3O4. The smallest absolute Gasteiger partial charge is 0.319 e. The number of hydrogen-bond acceptors (Lipinski definition) is 5. The van der Waals surface area contributed by atoms with Crippen LogP contribution in [0.2, 0.25) is 5.15 Å². The number of pyridine rings is 1. The van der Waals surface area contributed by atoms with Gasteiger partial charge < -0.3 is 10.4 Å². The third-order valence-corrected chi connectivity index (χ3v) is 3.10. The van der Waals surface area contributed by atoms with Crippen LogP contribution in [0.15, 0.2) is 12.3 Å². The summed E-state index contributed by atoms with van der Waals surface area (Å²) in [5.74, 6) is -0.591. The molecule has 0 bridgehead atoms. The van der Waals surface area contributed by atoms with Gasteiger partial charge >= 0.3 is 5.69 Å². The molecule has 0 fully saturated rings. The fourth-order valence-electron chi connectivity index (χ4n) is 1.59. The summed E-state index contributed by atoms with van der Waals surface area (Å²) in [4.78, 5) is 25.8. The summed E-state index contributed by atoms with van der Waals surface area (Å²) in [6.45, 7) is 4.03. The quantitative estimate of drug-likeness (QED) is 0.473. The Hall–Kier alpha value is -1.73. The lowest BCUT2D eigenvalue weighted by Crippen LogP contribution is -2.34. The predicted octanol–water partition coefficient (Wildman–Crippen LogP) is 1.78. The number of nitro groups is 1. The van der Waals surface area contributed by atoms with Crippen molar-refractivity contribution in [1.82, 2.24) is 10.3 Å². The normalized spacial score (nSPS) is 11.2. The monoisotopic (exact) mass is 301 g/mol. The van der Waals surface area contributed by atoms with Gasteiger partial charge in [0.05, 0.1) is 4.92 Å². The second-order valence-electron chi connectivity index (χ2n) is 5.08. The molecule has 0 saturated heterocycles. The molecule has 0 aromatic carbocycles. The summed E-state index contributed by atoms with van der Waals surface area (Å²) in [6.07, 6.45) is 1.75. The molecule has 0 radical (unpaired) electrons. The minimum absolute atomic E-state index is 0.00407. The van der Waals surface area contributed by atoms with Gasteiger partial charge in [0.15, 0.2) is 0 Å². The second-order valence-corrected chi connectivity index (χ2v) is 5.43. The van der Waals surface area contributed by atoms with E-state index in [9.17, 15) is 14.9 Å². The van der Waals surface area contributed by atoms with Crippen LogP contribution in [0.1, 0.15) is 30.6 Å². The minimum Gasteiger partial charge on any atom is -0.396 e. The van der Waals surface area contributed by atoms with Crippen LogP contribution >= 0.6 is 11.6 Å². The van der Waals surface area contributed by atoms with Gasteiger partial charge in [0.2, 0.25) is 5.15 Å². The highest BCUT2D eigenvalue weighted by Crippen LogP contribution is 2.26.